The van der Waals surface area contributed by atoms with Crippen LogP contribution in [0.1, 0.15) is 123 Å². The van der Waals surface area contributed by atoms with Gasteiger partial charge in [-0.05, 0) is 19.3 Å². The lowest BCUT2D eigenvalue weighted by Gasteiger charge is -2.29. The van der Waals surface area contributed by atoms with E-state index >= 15 is 0 Å². The number of carbonyl (C=O) groups excluding carboxylic acids is 1. The summed E-state index contributed by atoms with van der Waals surface area (Å²) in [5.74, 6) is 0.00387. The summed E-state index contributed by atoms with van der Waals surface area (Å²) in [5, 5.41) is 0. The molecule has 0 aliphatic heterocycles. The zero-order valence-corrected chi connectivity index (χ0v) is 22.4. The molecular weight excluding hydrogens is 473 g/mol. The van der Waals surface area contributed by atoms with Crippen LogP contribution in [0, 0.1) is 0 Å². The first-order valence-electron chi connectivity index (χ1n) is 12.5. The Morgan fingerprint density at radius 3 is 1.55 bits per heavy atom. The number of rotatable bonds is 21. The van der Waals surface area contributed by atoms with Crippen LogP contribution < -0.4 is 24.0 Å². The molecule has 0 unspecified atom stereocenters. The Balaban J connectivity index is 0. The fourth-order valence-electron chi connectivity index (χ4n) is 3.76. The number of esters is 1. The molecule has 0 radical (unpaired) electrons. The van der Waals surface area contributed by atoms with Gasteiger partial charge in [0.2, 0.25) is 0 Å². The van der Waals surface area contributed by atoms with Gasteiger partial charge in [0.05, 0.1) is 33.8 Å². The number of unbranched alkanes of at least 4 members (excludes halogenated alkanes) is 13. The normalized spacial score (nSPS) is 11.3. The minimum absolute atomic E-state index is 0. The van der Waals surface area contributed by atoms with Crippen LogP contribution >= 0.6 is 0 Å². The Kier molecular flexibility index (Phi) is 24.7. The molecule has 0 saturated heterocycles. The average molecular weight is 526 g/mol. The summed E-state index contributed by atoms with van der Waals surface area (Å²) in [5.41, 5.74) is 0. The molecule has 0 heterocycles. The third-order valence-corrected chi connectivity index (χ3v) is 5.77. The molecule has 0 aromatic carbocycles. The van der Waals surface area contributed by atoms with E-state index in [1.165, 1.54) is 96.4 Å². The summed E-state index contributed by atoms with van der Waals surface area (Å²) >= 11 is 0. The number of carbonyl (C=O) groups is 1. The number of nitrogens with zero attached hydrogens (tertiary/aromatic N) is 1. The van der Waals surface area contributed by atoms with Gasteiger partial charge in [0.1, 0.15) is 0 Å². The van der Waals surface area contributed by atoms with Gasteiger partial charge in [-0.25, -0.2) is 0 Å². The lowest BCUT2D eigenvalue weighted by atomic mass is 10.1. The lowest BCUT2D eigenvalue weighted by Crippen LogP contribution is -3.00. The van der Waals surface area contributed by atoms with Gasteiger partial charge in [-0.1, -0.05) is 90.9 Å². The third kappa shape index (κ3) is 24.3. The molecule has 0 N–H and O–H groups in total. The highest BCUT2D eigenvalue weighted by Gasteiger charge is 2.14. The summed E-state index contributed by atoms with van der Waals surface area (Å²) in [7, 11) is 4.58. The summed E-state index contributed by atoms with van der Waals surface area (Å²) in [4.78, 5) is 11.8. The molecule has 0 rings (SSSR count). The Hall–Kier alpha value is 0.160. The van der Waals surface area contributed by atoms with Crippen LogP contribution in [0.4, 0.5) is 0 Å². The number of quaternary nitrogens is 1. The highest BCUT2D eigenvalue weighted by atomic mass is 127. The number of hydrogen-bond acceptors (Lipinski definition) is 2. The van der Waals surface area contributed by atoms with Gasteiger partial charge in [-0.2, -0.15) is 0 Å². The van der Waals surface area contributed by atoms with Crippen molar-refractivity contribution in [1.82, 2.24) is 0 Å². The van der Waals surface area contributed by atoms with Crippen LogP contribution in [0.15, 0.2) is 0 Å². The van der Waals surface area contributed by atoms with Gasteiger partial charge in [0.25, 0.3) is 0 Å². The molecule has 29 heavy (non-hydrogen) atoms. The van der Waals surface area contributed by atoms with Gasteiger partial charge in [-0.15, -0.1) is 0 Å². The molecule has 0 fully saturated rings. The van der Waals surface area contributed by atoms with Crippen molar-refractivity contribution in [1.29, 1.82) is 0 Å². The SMILES string of the molecule is CCCCCCCCCCCCCC(=O)OCCC[N+](C)(C)CCCCCC.[I-]. The molecule has 176 valence electrons. The summed E-state index contributed by atoms with van der Waals surface area (Å²) < 4.78 is 6.46. The molecule has 0 saturated carbocycles. The van der Waals surface area contributed by atoms with E-state index in [4.69, 9.17) is 4.74 Å². The Labute approximate surface area is 200 Å². The molecule has 0 spiro atoms. The van der Waals surface area contributed by atoms with E-state index in [1.807, 2.05) is 0 Å². The second kappa shape index (κ2) is 22.8. The monoisotopic (exact) mass is 525 g/mol. The first-order valence-corrected chi connectivity index (χ1v) is 12.5. The Bertz CT molecular complexity index is 348. The lowest BCUT2D eigenvalue weighted by molar-refractivity contribution is -0.890. The first kappa shape index (κ1) is 31.3. The second-order valence-electron chi connectivity index (χ2n) is 9.30. The largest absolute Gasteiger partial charge is 1.00 e. The standard InChI is InChI=1S/C25H52NO2.HI/c1-5-7-9-11-12-13-14-15-16-17-18-21-25(27)28-24-20-23-26(3,4)22-19-10-8-6-2;/h5-24H2,1-4H3;1H/q+1;/p-1. The van der Waals surface area contributed by atoms with Crippen molar-refractivity contribution in [3.8, 4) is 0 Å². The maximum Gasteiger partial charge on any atom is 0.305 e. The highest BCUT2D eigenvalue weighted by Crippen LogP contribution is 2.12. The van der Waals surface area contributed by atoms with E-state index in [2.05, 4.69) is 27.9 Å². The smallest absolute Gasteiger partial charge is 0.305 e. The van der Waals surface area contributed by atoms with E-state index in [0.29, 0.717) is 13.0 Å². The number of ether oxygens (including phenoxy) is 1. The first-order chi connectivity index (χ1) is 13.5. The van der Waals surface area contributed by atoms with Gasteiger partial charge < -0.3 is 33.2 Å². The maximum absolute atomic E-state index is 11.8. The number of hydrogen-bond donors (Lipinski definition) is 0. The Morgan fingerprint density at radius 2 is 1.03 bits per heavy atom. The van der Waals surface area contributed by atoms with E-state index in [1.54, 1.807) is 0 Å². The predicted octanol–water partition coefficient (Wildman–Crippen LogP) is 4.28. The van der Waals surface area contributed by atoms with Crippen molar-refractivity contribution in [3.63, 3.8) is 0 Å². The molecule has 0 bridgehead atoms. The van der Waals surface area contributed by atoms with Crippen LogP contribution in [0.2, 0.25) is 0 Å². The minimum Gasteiger partial charge on any atom is -1.00 e. The molecule has 0 amide bonds. The fraction of sp³-hybridized carbons (Fsp3) is 0.960. The quantitative estimate of drug-likeness (QED) is 0.0968. The summed E-state index contributed by atoms with van der Waals surface area (Å²) in [6, 6.07) is 0. The van der Waals surface area contributed by atoms with Crippen LogP contribution in [-0.2, 0) is 9.53 Å². The van der Waals surface area contributed by atoms with Gasteiger partial charge in [0, 0.05) is 12.8 Å². The van der Waals surface area contributed by atoms with E-state index in [-0.39, 0.29) is 29.9 Å². The molecule has 0 aliphatic carbocycles. The summed E-state index contributed by atoms with van der Waals surface area (Å²) in [6.07, 6.45) is 21.3. The molecule has 0 aromatic heterocycles. The van der Waals surface area contributed by atoms with Crippen molar-refractivity contribution in [2.75, 3.05) is 33.8 Å². The van der Waals surface area contributed by atoms with E-state index in [9.17, 15) is 4.79 Å². The zero-order valence-electron chi connectivity index (χ0n) is 20.3. The minimum atomic E-state index is 0. The van der Waals surface area contributed by atoms with Crippen molar-refractivity contribution in [2.24, 2.45) is 0 Å². The molecule has 3 nitrogen and oxygen atoms in total. The molecule has 0 aromatic rings. The van der Waals surface area contributed by atoms with Crippen molar-refractivity contribution < 1.29 is 38.0 Å². The number of halogens is 1. The van der Waals surface area contributed by atoms with Crippen molar-refractivity contribution >= 4 is 5.97 Å². The molecular formula is C25H52INO2. The van der Waals surface area contributed by atoms with Crippen LogP contribution in [0.3, 0.4) is 0 Å². The molecule has 0 aliphatic rings. The molecule has 4 heteroatoms. The summed E-state index contributed by atoms with van der Waals surface area (Å²) in [6.45, 7) is 7.44. The molecule has 0 atom stereocenters. The van der Waals surface area contributed by atoms with Gasteiger partial charge in [0.15, 0.2) is 0 Å². The second-order valence-corrected chi connectivity index (χ2v) is 9.30. The van der Waals surface area contributed by atoms with Crippen molar-refractivity contribution in [2.45, 2.75) is 123 Å². The van der Waals surface area contributed by atoms with Crippen molar-refractivity contribution in [3.05, 3.63) is 0 Å². The van der Waals surface area contributed by atoms with Crippen LogP contribution in [-0.4, -0.2) is 44.2 Å². The van der Waals surface area contributed by atoms with Crippen LogP contribution in [0.5, 0.6) is 0 Å². The van der Waals surface area contributed by atoms with Crippen LogP contribution in [0.25, 0.3) is 0 Å². The van der Waals surface area contributed by atoms with E-state index < -0.39 is 0 Å². The topological polar surface area (TPSA) is 26.3 Å². The average Bonchev–Trinajstić information content (AvgIpc) is 2.67. The Morgan fingerprint density at radius 1 is 0.621 bits per heavy atom. The van der Waals surface area contributed by atoms with Gasteiger partial charge in [-0.3, -0.25) is 4.79 Å². The van der Waals surface area contributed by atoms with Gasteiger partial charge >= 0.3 is 5.97 Å². The fourth-order valence-corrected chi connectivity index (χ4v) is 3.76. The van der Waals surface area contributed by atoms with E-state index in [0.717, 1.165) is 23.9 Å². The third-order valence-electron chi connectivity index (χ3n) is 5.77. The highest BCUT2D eigenvalue weighted by molar-refractivity contribution is 5.69. The predicted molar refractivity (Wildman–Crippen MR) is 123 cm³/mol. The zero-order chi connectivity index (χ0) is 20.9. The maximum atomic E-state index is 11.8.